The van der Waals surface area contributed by atoms with Gasteiger partial charge < -0.3 is 4.90 Å². The molecule has 1 aliphatic rings. The van der Waals surface area contributed by atoms with E-state index in [4.69, 9.17) is 5.26 Å². The molecule has 2 rings (SSSR count). The Morgan fingerprint density at radius 2 is 2.13 bits per heavy atom. The summed E-state index contributed by atoms with van der Waals surface area (Å²) in [5.74, 6) is 0.656. The summed E-state index contributed by atoms with van der Waals surface area (Å²) in [5, 5.41) is 8.70. The molecule has 2 unspecified atom stereocenters. The van der Waals surface area contributed by atoms with E-state index >= 15 is 0 Å². The predicted octanol–water partition coefficient (Wildman–Crippen LogP) is 0.972. The first kappa shape index (κ1) is 10.2. The van der Waals surface area contributed by atoms with E-state index in [1.165, 1.54) is 23.3 Å². The van der Waals surface area contributed by atoms with Crippen LogP contribution in [0.5, 0.6) is 0 Å². The van der Waals surface area contributed by atoms with Crippen molar-refractivity contribution in [3.05, 3.63) is 35.9 Å². The largest absolute Gasteiger partial charge is 0.323 e. The van der Waals surface area contributed by atoms with Crippen LogP contribution in [0.3, 0.4) is 0 Å². The molecule has 0 aromatic heterocycles. The van der Waals surface area contributed by atoms with Crippen LogP contribution in [0.25, 0.3) is 0 Å². The van der Waals surface area contributed by atoms with Gasteiger partial charge in [-0.3, -0.25) is 0 Å². The summed E-state index contributed by atoms with van der Waals surface area (Å²) in [6, 6.07) is 13.0. The van der Waals surface area contributed by atoms with Crippen molar-refractivity contribution in [2.45, 2.75) is 18.8 Å². The molecule has 1 heterocycles. The third-order valence-corrected chi connectivity index (χ3v) is 3.22. The normalized spacial score (nSPS) is 25.8. The van der Waals surface area contributed by atoms with E-state index < -0.39 is 0 Å². The number of rotatable bonds is 2. The zero-order chi connectivity index (χ0) is 10.5. The lowest BCUT2D eigenvalue weighted by atomic mass is 9.91. The molecule has 1 N–H and O–H groups in total. The molecule has 0 aliphatic carbocycles. The fourth-order valence-corrected chi connectivity index (χ4v) is 2.43. The zero-order valence-corrected chi connectivity index (χ0v) is 8.95. The molecule has 0 bridgehead atoms. The molecule has 1 fully saturated rings. The molecule has 15 heavy (non-hydrogen) atoms. The van der Waals surface area contributed by atoms with E-state index in [1.54, 1.807) is 0 Å². The summed E-state index contributed by atoms with van der Waals surface area (Å²) in [6.07, 6.45) is 2.52. The minimum Gasteiger partial charge on any atom is -0.323 e. The van der Waals surface area contributed by atoms with Gasteiger partial charge in [-0.2, -0.15) is 5.26 Å². The van der Waals surface area contributed by atoms with Gasteiger partial charge in [0.2, 0.25) is 0 Å². The fourth-order valence-electron chi connectivity index (χ4n) is 2.43. The van der Waals surface area contributed by atoms with E-state index in [9.17, 15) is 0 Å². The Kier molecular flexibility index (Phi) is 3.37. The molecule has 2 nitrogen and oxygen atoms in total. The van der Waals surface area contributed by atoms with Crippen LogP contribution in [0.2, 0.25) is 0 Å². The number of nitrogens with one attached hydrogen (secondary N) is 1. The minimum atomic E-state index is 0.656. The smallest absolute Gasteiger partial charge is 0.165 e. The fraction of sp³-hybridized carbons (Fsp3) is 0.462. The number of quaternary nitrogens is 1. The van der Waals surface area contributed by atoms with Crippen LogP contribution in [-0.2, 0) is 0 Å². The maximum atomic E-state index is 8.70. The van der Waals surface area contributed by atoms with Crippen molar-refractivity contribution in [2.24, 2.45) is 0 Å². The van der Waals surface area contributed by atoms with Crippen LogP contribution in [0.4, 0.5) is 0 Å². The lowest BCUT2D eigenvalue weighted by molar-refractivity contribution is -0.899. The Bertz CT molecular complexity index is 339. The highest BCUT2D eigenvalue weighted by Gasteiger charge is 2.23. The maximum absolute atomic E-state index is 8.70. The summed E-state index contributed by atoms with van der Waals surface area (Å²) in [7, 11) is 0. The molecule has 2 atom stereocenters. The van der Waals surface area contributed by atoms with Gasteiger partial charge >= 0.3 is 0 Å². The highest BCUT2D eigenvalue weighted by Crippen LogP contribution is 2.20. The lowest BCUT2D eigenvalue weighted by Crippen LogP contribution is -3.13. The van der Waals surface area contributed by atoms with Crippen LogP contribution >= 0.6 is 0 Å². The van der Waals surface area contributed by atoms with Crippen molar-refractivity contribution in [2.75, 3.05) is 19.6 Å². The Morgan fingerprint density at radius 3 is 2.87 bits per heavy atom. The second-order valence-corrected chi connectivity index (χ2v) is 4.29. The van der Waals surface area contributed by atoms with Gasteiger partial charge in [0.25, 0.3) is 0 Å². The van der Waals surface area contributed by atoms with Crippen molar-refractivity contribution in [1.82, 2.24) is 0 Å². The zero-order valence-electron chi connectivity index (χ0n) is 8.95. The second-order valence-electron chi connectivity index (χ2n) is 4.29. The number of likely N-dealkylation sites (tertiary alicyclic amines) is 1. The monoisotopic (exact) mass is 201 g/mol. The van der Waals surface area contributed by atoms with Crippen molar-refractivity contribution in [3.8, 4) is 6.07 Å². The molecule has 1 saturated heterocycles. The van der Waals surface area contributed by atoms with Gasteiger partial charge in [0, 0.05) is 5.92 Å². The van der Waals surface area contributed by atoms with Crippen LogP contribution in [0.1, 0.15) is 24.3 Å². The molecule has 78 valence electrons. The van der Waals surface area contributed by atoms with Gasteiger partial charge in [-0.25, -0.2) is 0 Å². The highest BCUT2D eigenvalue weighted by molar-refractivity contribution is 5.19. The molecule has 0 radical (unpaired) electrons. The summed E-state index contributed by atoms with van der Waals surface area (Å²) in [4.78, 5) is 1.44. The van der Waals surface area contributed by atoms with E-state index in [1.807, 2.05) is 0 Å². The molecular weight excluding hydrogens is 184 g/mol. The summed E-state index contributed by atoms with van der Waals surface area (Å²) in [6.45, 7) is 2.94. The van der Waals surface area contributed by atoms with Crippen LogP contribution in [-0.4, -0.2) is 19.6 Å². The van der Waals surface area contributed by atoms with E-state index in [0.717, 1.165) is 13.1 Å². The van der Waals surface area contributed by atoms with Gasteiger partial charge in [0.1, 0.15) is 6.07 Å². The Morgan fingerprint density at radius 1 is 1.33 bits per heavy atom. The number of nitrogens with zero attached hydrogens (tertiary/aromatic N) is 1. The van der Waals surface area contributed by atoms with Gasteiger partial charge in [0.05, 0.1) is 13.1 Å². The Balaban J connectivity index is 2.02. The summed E-state index contributed by atoms with van der Waals surface area (Å²) < 4.78 is 0. The third kappa shape index (κ3) is 2.57. The number of hydrogen-bond acceptors (Lipinski definition) is 1. The molecule has 2 heteroatoms. The van der Waals surface area contributed by atoms with Gasteiger partial charge in [-0.1, -0.05) is 30.3 Å². The number of benzene rings is 1. The van der Waals surface area contributed by atoms with Crippen molar-refractivity contribution in [3.63, 3.8) is 0 Å². The maximum Gasteiger partial charge on any atom is 0.165 e. The average molecular weight is 201 g/mol. The van der Waals surface area contributed by atoms with Crippen molar-refractivity contribution >= 4 is 0 Å². The number of hydrogen-bond donors (Lipinski definition) is 1. The average Bonchev–Trinajstić information content (AvgIpc) is 2.31. The van der Waals surface area contributed by atoms with Crippen LogP contribution in [0.15, 0.2) is 30.3 Å². The molecule has 1 aromatic carbocycles. The highest BCUT2D eigenvalue weighted by atomic mass is 15.1. The standard InChI is InChI=1S/C13H16N2/c14-8-10-15-9-4-7-13(11-15)12-5-2-1-3-6-12/h1-3,5-6,13H,4,7,9-11H2/p+1. The van der Waals surface area contributed by atoms with Crippen LogP contribution < -0.4 is 4.90 Å². The molecule has 1 aromatic rings. The third-order valence-electron chi connectivity index (χ3n) is 3.22. The predicted molar refractivity (Wildman–Crippen MR) is 59.6 cm³/mol. The minimum absolute atomic E-state index is 0.656. The van der Waals surface area contributed by atoms with E-state index in [0.29, 0.717) is 12.5 Å². The lowest BCUT2D eigenvalue weighted by Gasteiger charge is -2.28. The summed E-state index contributed by atoms with van der Waals surface area (Å²) in [5.41, 5.74) is 1.44. The first-order valence-corrected chi connectivity index (χ1v) is 5.65. The Labute approximate surface area is 91.1 Å². The molecule has 0 spiro atoms. The quantitative estimate of drug-likeness (QED) is 0.710. The van der Waals surface area contributed by atoms with Crippen molar-refractivity contribution in [1.29, 1.82) is 5.26 Å². The molecule has 0 amide bonds. The Hall–Kier alpha value is -1.33. The molecule has 0 saturated carbocycles. The second kappa shape index (κ2) is 4.95. The summed E-state index contributed by atoms with van der Waals surface area (Å²) >= 11 is 0. The first-order valence-electron chi connectivity index (χ1n) is 5.65. The van der Waals surface area contributed by atoms with Gasteiger partial charge in [-0.15, -0.1) is 0 Å². The molecule has 1 aliphatic heterocycles. The van der Waals surface area contributed by atoms with Gasteiger partial charge in [0.15, 0.2) is 6.54 Å². The van der Waals surface area contributed by atoms with Gasteiger partial charge in [-0.05, 0) is 18.4 Å². The van der Waals surface area contributed by atoms with Crippen molar-refractivity contribution < 1.29 is 4.90 Å². The topological polar surface area (TPSA) is 28.2 Å². The van der Waals surface area contributed by atoms with E-state index in [-0.39, 0.29) is 0 Å². The first-order chi connectivity index (χ1) is 7.40. The SMILES string of the molecule is N#CC[NH+]1CCCC(c2ccccc2)C1. The molecular formula is C13H17N2+. The number of piperidine rings is 1. The van der Waals surface area contributed by atoms with Crippen LogP contribution in [0, 0.1) is 11.3 Å². The van der Waals surface area contributed by atoms with E-state index in [2.05, 4.69) is 36.4 Å². The number of nitriles is 1.